The number of thiophene rings is 1. The quantitative estimate of drug-likeness (QED) is 0.277. The summed E-state index contributed by atoms with van der Waals surface area (Å²) in [6, 6.07) is 26.9. The molecule has 3 aromatic carbocycles. The molecule has 0 bridgehead atoms. The molecular weight excluding hydrogens is 456 g/mol. The first kappa shape index (κ1) is 22.5. The first-order chi connectivity index (χ1) is 17.0. The molecule has 0 fully saturated rings. The number of nitrogens with zero attached hydrogens (tertiary/aromatic N) is 1. The van der Waals surface area contributed by atoms with Crippen LogP contribution < -0.4 is 5.32 Å². The number of esters is 1. The molecule has 0 spiro atoms. The molecule has 6 heteroatoms. The Hall–Kier alpha value is -4.29. The number of hydrogen-bond donors (Lipinski definition) is 1. The van der Waals surface area contributed by atoms with Gasteiger partial charge in [-0.05, 0) is 24.6 Å². The number of para-hydroxylation sites is 1. The molecule has 5 rings (SSSR count). The normalized spacial score (nSPS) is 10.8. The number of nitrogens with one attached hydrogen (secondary N) is 1. The maximum absolute atomic E-state index is 13.6. The predicted octanol–water partition coefficient (Wildman–Crippen LogP) is 6.98. The summed E-state index contributed by atoms with van der Waals surface area (Å²) >= 11 is 1.30. The highest BCUT2D eigenvalue weighted by Crippen LogP contribution is 2.37. The molecule has 35 heavy (non-hydrogen) atoms. The van der Waals surface area contributed by atoms with Crippen LogP contribution in [-0.2, 0) is 4.74 Å². The van der Waals surface area contributed by atoms with E-state index in [0.717, 1.165) is 33.2 Å². The van der Waals surface area contributed by atoms with Gasteiger partial charge in [0, 0.05) is 21.9 Å². The fourth-order valence-corrected chi connectivity index (χ4v) is 4.94. The van der Waals surface area contributed by atoms with Gasteiger partial charge in [-0.15, -0.1) is 11.3 Å². The van der Waals surface area contributed by atoms with E-state index in [1.165, 1.54) is 18.4 Å². The lowest BCUT2D eigenvalue weighted by Crippen LogP contribution is -2.15. The van der Waals surface area contributed by atoms with Gasteiger partial charge in [-0.1, -0.05) is 78.4 Å². The van der Waals surface area contributed by atoms with Crippen molar-refractivity contribution in [3.05, 3.63) is 107 Å². The standard InChI is InChI=1S/C29H22N2O3S/c1-18-12-14-19(15-13-18)23-17-35-28(26(23)29(33)34-2)31-27(32)22-16-25(20-8-4-3-5-9-20)30-24-11-7-6-10-21(22)24/h3-17H,1-2H3,(H,31,32). The Morgan fingerprint density at radius 3 is 2.34 bits per heavy atom. The highest BCUT2D eigenvalue weighted by Gasteiger charge is 2.23. The first-order valence-corrected chi connectivity index (χ1v) is 12.0. The maximum Gasteiger partial charge on any atom is 0.341 e. The van der Waals surface area contributed by atoms with Crippen LogP contribution in [0.1, 0.15) is 26.3 Å². The smallest absolute Gasteiger partial charge is 0.341 e. The summed E-state index contributed by atoms with van der Waals surface area (Å²) in [4.78, 5) is 31.1. The Morgan fingerprint density at radius 1 is 0.886 bits per heavy atom. The monoisotopic (exact) mass is 478 g/mol. The summed E-state index contributed by atoms with van der Waals surface area (Å²) in [5.41, 5.74) is 5.89. The Bertz CT molecular complexity index is 1540. The highest BCUT2D eigenvalue weighted by molar-refractivity contribution is 7.15. The van der Waals surface area contributed by atoms with Crippen molar-refractivity contribution in [2.45, 2.75) is 6.92 Å². The number of ether oxygens (including phenoxy) is 1. The number of fused-ring (bicyclic) bond motifs is 1. The predicted molar refractivity (Wildman–Crippen MR) is 141 cm³/mol. The second-order valence-electron chi connectivity index (χ2n) is 8.10. The molecule has 2 heterocycles. The van der Waals surface area contributed by atoms with E-state index in [0.29, 0.717) is 21.8 Å². The molecule has 5 nitrogen and oxygen atoms in total. The minimum Gasteiger partial charge on any atom is -0.465 e. The molecule has 0 aliphatic carbocycles. The van der Waals surface area contributed by atoms with Crippen LogP contribution in [0.4, 0.5) is 5.00 Å². The van der Waals surface area contributed by atoms with Crippen LogP contribution in [0.15, 0.2) is 90.3 Å². The molecule has 2 aromatic heterocycles. The molecule has 0 aliphatic heterocycles. The van der Waals surface area contributed by atoms with Crippen LogP contribution in [0.5, 0.6) is 0 Å². The van der Waals surface area contributed by atoms with Gasteiger partial charge < -0.3 is 10.1 Å². The van der Waals surface area contributed by atoms with Crippen LogP contribution in [0, 0.1) is 6.92 Å². The molecule has 5 aromatic rings. The van der Waals surface area contributed by atoms with E-state index in [9.17, 15) is 9.59 Å². The van der Waals surface area contributed by atoms with E-state index in [1.54, 1.807) is 6.07 Å². The van der Waals surface area contributed by atoms with Crippen LogP contribution in [0.2, 0.25) is 0 Å². The molecule has 0 atom stereocenters. The Kier molecular flexibility index (Phi) is 6.12. The second-order valence-corrected chi connectivity index (χ2v) is 8.98. The fourth-order valence-electron chi connectivity index (χ4n) is 3.99. The molecule has 0 unspecified atom stereocenters. The number of rotatable bonds is 5. The van der Waals surface area contributed by atoms with Gasteiger partial charge in [0.25, 0.3) is 5.91 Å². The summed E-state index contributed by atoms with van der Waals surface area (Å²) in [7, 11) is 1.34. The number of pyridine rings is 1. The zero-order chi connectivity index (χ0) is 24.4. The average molecular weight is 479 g/mol. The van der Waals surface area contributed by atoms with Crippen molar-refractivity contribution >= 4 is 39.1 Å². The lowest BCUT2D eigenvalue weighted by molar-refractivity contribution is 0.0603. The van der Waals surface area contributed by atoms with Crippen LogP contribution in [-0.4, -0.2) is 24.0 Å². The molecule has 0 aliphatic rings. The van der Waals surface area contributed by atoms with E-state index in [-0.39, 0.29) is 5.91 Å². The van der Waals surface area contributed by atoms with Crippen molar-refractivity contribution in [1.82, 2.24) is 4.98 Å². The lowest BCUT2D eigenvalue weighted by atomic mass is 10.0. The molecule has 0 saturated heterocycles. The van der Waals surface area contributed by atoms with E-state index in [2.05, 4.69) is 5.32 Å². The number of aromatic nitrogens is 1. The lowest BCUT2D eigenvalue weighted by Gasteiger charge is -2.11. The maximum atomic E-state index is 13.6. The molecule has 0 radical (unpaired) electrons. The minimum absolute atomic E-state index is 0.316. The van der Waals surface area contributed by atoms with Crippen LogP contribution in [0.25, 0.3) is 33.3 Å². The zero-order valence-electron chi connectivity index (χ0n) is 19.2. The number of amides is 1. The number of methoxy groups -OCH3 is 1. The third-order valence-electron chi connectivity index (χ3n) is 5.80. The number of benzene rings is 3. The average Bonchev–Trinajstić information content (AvgIpc) is 3.31. The molecule has 172 valence electrons. The van der Waals surface area contributed by atoms with Crippen molar-refractivity contribution in [2.75, 3.05) is 12.4 Å². The van der Waals surface area contributed by atoms with Gasteiger partial charge >= 0.3 is 5.97 Å². The fraction of sp³-hybridized carbons (Fsp3) is 0.0690. The van der Waals surface area contributed by atoms with E-state index in [4.69, 9.17) is 9.72 Å². The second kappa shape index (κ2) is 9.52. The third-order valence-corrected chi connectivity index (χ3v) is 6.70. The first-order valence-electron chi connectivity index (χ1n) is 11.1. The molecule has 1 amide bonds. The van der Waals surface area contributed by atoms with Gasteiger partial charge in [0.05, 0.1) is 23.9 Å². The Balaban J connectivity index is 1.58. The summed E-state index contributed by atoms with van der Waals surface area (Å²) < 4.78 is 5.06. The van der Waals surface area contributed by atoms with E-state index < -0.39 is 5.97 Å². The minimum atomic E-state index is -0.498. The van der Waals surface area contributed by atoms with E-state index in [1.807, 2.05) is 91.2 Å². The summed E-state index contributed by atoms with van der Waals surface area (Å²) in [5, 5.41) is 6.01. The highest BCUT2D eigenvalue weighted by atomic mass is 32.1. The molecular formula is C29H22N2O3S. The van der Waals surface area contributed by atoms with Crippen LogP contribution in [0.3, 0.4) is 0 Å². The zero-order valence-corrected chi connectivity index (χ0v) is 20.1. The third kappa shape index (κ3) is 4.44. The summed E-state index contributed by atoms with van der Waals surface area (Å²) in [5.74, 6) is -0.815. The van der Waals surface area contributed by atoms with Gasteiger partial charge in [0.2, 0.25) is 0 Å². The van der Waals surface area contributed by atoms with Crippen molar-refractivity contribution in [3.63, 3.8) is 0 Å². The molecule has 1 N–H and O–H groups in total. The SMILES string of the molecule is COC(=O)c1c(-c2ccc(C)cc2)csc1NC(=O)c1cc(-c2ccccc2)nc2ccccc12. The van der Waals surface area contributed by atoms with Crippen LogP contribution >= 0.6 is 11.3 Å². The number of hydrogen-bond acceptors (Lipinski definition) is 5. The van der Waals surface area contributed by atoms with Gasteiger partial charge in [-0.3, -0.25) is 4.79 Å². The van der Waals surface area contributed by atoms with Gasteiger partial charge in [-0.2, -0.15) is 0 Å². The summed E-state index contributed by atoms with van der Waals surface area (Å²) in [6.45, 7) is 2.01. The van der Waals surface area contributed by atoms with Gasteiger partial charge in [0.1, 0.15) is 10.6 Å². The number of anilines is 1. The van der Waals surface area contributed by atoms with Crippen molar-refractivity contribution in [2.24, 2.45) is 0 Å². The topological polar surface area (TPSA) is 68.3 Å². The number of carbonyl (C=O) groups is 2. The number of aryl methyl sites for hydroxylation is 1. The van der Waals surface area contributed by atoms with Gasteiger partial charge in [-0.25, -0.2) is 9.78 Å². The van der Waals surface area contributed by atoms with Crippen molar-refractivity contribution in [3.8, 4) is 22.4 Å². The largest absolute Gasteiger partial charge is 0.465 e. The Labute approximate surface area is 207 Å². The number of carbonyl (C=O) groups excluding carboxylic acids is 2. The van der Waals surface area contributed by atoms with E-state index >= 15 is 0 Å². The van der Waals surface area contributed by atoms with Crippen molar-refractivity contribution in [1.29, 1.82) is 0 Å². The Morgan fingerprint density at radius 2 is 1.60 bits per heavy atom. The molecule has 0 saturated carbocycles. The van der Waals surface area contributed by atoms with Gasteiger partial charge in [0.15, 0.2) is 0 Å². The van der Waals surface area contributed by atoms with Crippen molar-refractivity contribution < 1.29 is 14.3 Å². The summed E-state index contributed by atoms with van der Waals surface area (Å²) in [6.07, 6.45) is 0.